The minimum atomic E-state index is -0.606. The molecule has 4 aromatic rings. The standard InChI is InChI=1S/C23H18N2O4S/c26-22(28-15-17-9-3-1-4-10-17)25-20-14-8-7-13-19(20)24-21(25)30-23(27)29-16-18-11-5-2-6-12-18/h1-14H,15-16H2. The van der Waals surface area contributed by atoms with Crippen molar-refractivity contribution >= 4 is 34.2 Å². The van der Waals surface area contributed by atoms with Gasteiger partial charge in [0.1, 0.15) is 13.2 Å². The van der Waals surface area contributed by atoms with Crippen molar-refractivity contribution in [2.24, 2.45) is 0 Å². The minimum absolute atomic E-state index is 0.120. The topological polar surface area (TPSA) is 70.4 Å². The summed E-state index contributed by atoms with van der Waals surface area (Å²) in [7, 11) is 0. The molecular formula is C23H18N2O4S. The summed E-state index contributed by atoms with van der Waals surface area (Å²) in [6.07, 6.45) is -0.606. The zero-order valence-corrected chi connectivity index (χ0v) is 16.7. The number of rotatable bonds is 5. The molecule has 7 heteroatoms. The number of hydrogen-bond acceptors (Lipinski definition) is 6. The van der Waals surface area contributed by atoms with E-state index in [1.807, 2.05) is 66.7 Å². The number of hydrogen-bond donors (Lipinski definition) is 0. The van der Waals surface area contributed by atoms with Gasteiger partial charge in [0.25, 0.3) is 0 Å². The maximum Gasteiger partial charge on any atom is 0.421 e. The van der Waals surface area contributed by atoms with E-state index >= 15 is 0 Å². The second kappa shape index (κ2) is 9.28. The normalized spacial score (nSPS) is 10.7. The molecule has 0 atom stereocenters. The number of benzene rings is 3. The van der Waals surface area contributed by atoms with E-state index in [0.29, 0.717) is 11.0 Å². The van der Waals surface area contributed by atoms with Crippen molar-refractivity contribution in [1.29, 1.82) is 0 Å². The number of carbonyl (C=O) groups is 2. The lowest BCUT2D eigenvalue weighted by Crippen LogP contribution is -2.15. The van der Waals surface area contributed by atoms with Gasteiger partial charge in [0.15, 0.2) is 5.16 Å². The fourth-order valence-electron chi connectivity index (χ4n) is 2.85. The summed E-state index contributed by atoms with van der Waals surface area (Å²) in [5, 5.41) is -0.349. The third-order valence-electron chi connectivity index (χ3n) is 4.29. The highest BCUT2D eigenvalue weighted by atomic mass is 32.2. The Kier molecular flexibility index (Phi) is 6.10. The third kappa shape index (κ3) is 4.69. The molecule has 30 heavy (non-hydrogen) atoms. The van der Waals surface area contributed by atoms with Crippen LogP contribution in [0.3, 0.4) is 0 Å². The van der Waals surface area contributed by atoms with Crippen LogP contribution in [0.5, 0.6) is 0 Å². The molecule has 0 unspecified atom stereocenters. The quantitative estimate of drug-likeness (QED) is 0.308. The van der Waals surface area contributed by atoms with Gasteiger partial charge in [-0.05, 0) is 23.3 Å². The summed E-state index contributed by atoms with van der Waals surface area (Å²) in [5.41, 5.74) is 2.90. The van der Waals surface area contributed by atoms with E-state index in [2.05, 4.69) is 4.98 Å². The number of para-hydroxylation sites is 2. The Morgan fingerprint density at radius 3 is 2.00 bits per heavy atom. The molecule has 0 aliphatic heterocycles. The molecule has 0 fully saturated rings. The second-order valence-electron chi connectivity index (χ2n) is 6.39. The van der Waals surface area contributed by atoms with Crippen molar-refractivity contribution in [3.05, 3.63) is 96.1 Å². The summed E-state index contributed by atoms with van der Waals surface area (Å²) < 4.78 is 12.1. The van der Waals surface area contributed by atoms with Crippen LogP contribution in [0.4, 0.5) is 9.59 Å². The molecular weight excluding hydrogens is 400 g/mol. The summed E-state index contributed by atoms with van der Waals surface area (Å²) in [6, 6.07) is 25.9. The number of fused-ring (bicyclic) bond motifs is 1. The van der Waals surface area contributed by atoms with Gasteiger partial charge in [-0.3, -0.25) is 0 Å². The minimum Gasteiger partial charge on any atom is -0.452 e. The Balaban J connectivity index is 1.51. The van der Waals surface area contributed by atoms with Gasteiger partial charge in [0, 0.05) is 11.8 Å². The first kappa shape index (κ1) is 19.7. The van der Waals surface area contributed by atoms with Crippen molar-refractivity contribution in [2.75, 3.05) is 0 Å². The van der Waals surface area contributed by atoms with Crippen LogP contribution < -0.4 is 0 Å². The molecule has 4 rings (SSSR count). The van der Waals surface area contributed by atoms with Crippen LogP contribution in [-0.4, -0.2) is 20.9 Å². The molecule has 0 bridgehead atoms. The molecule has 0 N–H and O–H groups in total. The van der Waals surface area contributed by atoms with Crippen molar-refractivity contribution < 1.29 is 19.1 Å². The predicted octanol–water partition coefficient (Wildman–Crippen LogP) is 5.65. The molecule has 0 amide bonds. The van der Waals surface area contributed by atoms with Gasteiger partial charge in [0.05, 0.1) is 11.0 Å². The Hall–Kier alpha value is -3.58. The number of nitrogens with zero attached hydrogens (tertiary/aromatic N) is 2. The van der Waals surface area contributed by atoms with E-state index in [9.17, 15) is 9.59 Å². The molecule has 0 aliphatic rings. The highest BCUT2D eigenvalue weighted by molar-refractivity contribution is 8.13. The SMILES string of the molecule is O=C(OCc1ccccc1)Sc1nc2ccccc2n1C(=O)OCc1ccccc1. The maximum atomic E-state index is 12.8. The average Bonchev–Trinajstić information content (AvgIpc) is 3.15. The molecule has 0 saturated carbocycles. The first-order valence-corrected chi connectivity index (χ1v) is 10.1. The van der Waals surface area contributed by atoms with Gasteiger partial charge in [0.2, 0.25) is 0 Å². The molecule has 0 saturated heterocycles. The monoisotopic (exact) mass is 418 g/mol. The number of aromatic nitrogens is 2. The Morgan fingerprint density at radius 1 is 0.767 bits per heavy atom. The Bertz CT molecular complexity index is 1160. The number of carbonyl (C=O) groups excluding carboxylic acids is 2. The first-order valence-electron chi connectivity index (χ1n) is 9.28. The van der Waals surface area contributed by atoms with E-state index in [-0.39, 0.29) is 18.4 Å². The first-order chi connectivity index (χ1) is 14.7. The molecule has 150 valence electrons. The van der Waals surface area contributed by atoms with Gasteiger partial charge in [-0.25, -0.2) is 19.1 Å². The van der Waals surface area contributed by atoms with Crippen molar-refractivity contribution in [2.45, 2.75) is 18.4 Å². The van der Waals surface area contributed by atoms with E-state index in [0.717, 1.165) is 22.9 Å². The van der Waals surface area contributed by atoms with Crippen LogP contribution in [0, 0.1) is 0 Å². The van der Waals surface area contributed by atoms with Crippen molar-refractivity contribution in [3.8, 4) is 0 Å². The second-order valence-corrected chi connectivity index (χ2v) is 7.29. The highest BCUT2D eigenvalue weighted by Gasteiger charge is 2.21. The van der Waals surface area contributed by atoms with Gasteiger partial charge in [-0.15, -0.1) is 0 Å². The number of imidazole rings is 1. The molecule has 0 aliphatic carbocycles. The van der Waals surface area contributed by atoms with Crippen LogP contribution in [0.15, 0.2) is 90.1 Å². The lowest BCUT2D eigenvalue weighted by atomic mass is 10.2. The molecule has 1 aromatic heterocycles. The fraction of sp³-hybridized carbons (Fsp3) is 0.0870. The van der Waals surface area contributed by atoms with E-state index in [4.69, 9.17) is 9.47 Å². The third-order valence-corrected chi connectivity index (χ3v) is 5.03. The van der Waals surface area contributed by atoms with Crippen molar-refractivity contribution in [1.82, 2.24) is 9.55 Å². The maximum absolute atomic E-state index is 12.8. The van der Waals surface area contributed by atoms with E-state index in [1.54, 1.807) is 18.2 Å². The summed E-state index contributed by atoms with van der Waals surface area (Å²) in [5.74, 6) is 0. The Labute approximate surface area is 177 Å². The van der Waals surface area contributed by atoms with Crippen LogP contribution in [0.2, 0.25) is 0 Å². The molecule has 0 spiro atoms. The van der Waals surface area contributed by atoms with Gasteiger partial charge in [-0.1, -0.05) is 72.8 Å². The van der Waals surface area contributed by atoms with Crippen LogP contribution in [0.1, 0.15) is 11.1 Å². The number of ether oxygens (including phenoxy) is 2. The summed E-state index contributed by atoms with van der Waals surface area (Å²) in [6.45, 7) is 0.264. The molecule has 0 radical (unpaired) electrons. The van der Waals surface area contributed by atoms with E-state index in [1.165, 1.54) is 4.57 Å². The van der Waals surface area contributed by atoms with Crippen LogP contribution >= 0.6 is 11.8 Å². The zero-order valence-electron chi connectivity index (χ0n) is 15.9. The summed E-state index contributed by atoms with van der Waals surface area (Å²) in [4.78, 5) is 29.6. The fourth-order valence-corrected chi connectivity index (χ4v) is 3.53. The largest absolute Gasteiger partial charge is 0.452 e. The van der Waals surface area contributed by atoms with E-state index < -0.39 is 11.4 Å². The highest BCUT2D eigenvalue weighted by Crippen LogP contribution is 2.26. The van der Waals surface area contributed by atoms with Crippen molar-refractivity contribution in [3.63, 3.8) is 0 Å². The lowest BCUT2D eigenvalue weighted by Gasteiger charge is -2.09. The average molecular weight is 418 g/mol. The van der Waals surface area contributed by atoms with Gasteiger partial charge < -0.3 is 9.47 Å². The van der Waals surface area contributed by atoms with Gasteiger partial charge in [-0.2, -0.15) is 0 Å². The zero-order chi connectivity index (χ0) is 20.8. The summed E-state index contributed by atoms with van der Waals surface area (Å²) >= 11 is 0.755. The molecule has 1 heterocycles. The molecule has 3 aromatic carbocycles. The predicted molar refractivity (Wildman–Crippen MR) is 114 cm³/mol. The molecule has 6 nitrogen and oxygen atoms in total. The van der Waals surface area contributed by atoms with Gasteiger partial charge >= 0.3 is 11.4 Å². The lowest BCUT2D eigenvalue weighted by molar-refractivity contribution is 0.140. The number of thioether (sulfide) groups is 1. The smallest absolute Gasteiger partial charge is 0.421 e. The van der Waals surface area contributed by atoms with Crippen LogP contribution in [0.25, 0.3) is 11.0 Å². The Morgan fingerprint density at radius 2 is 1.33 bits per heavy atom. The van der Waals surface area contributed by atoms with Crippen LogP contribution in [-0.2, 0) is 22.7 Å².